The molecular weight excluding hydrogens is 322 g/mol. The van der Waals surface area contributed by atoms with E-state index in [0.29, 0.717) is 5.57 Å². The molecule has 1 heterocycles. The predicted octanol–water partition coefficient (Wildman–Crippen LogP) is 4.40. The molecule has 1 fully saturated rings. The highest BCUT2D eigenvalue weighted by Crippen LogP contribution is 2.43. The van der Waals surface area contributed by atoms with Gasteiger partial charge in [-0.1, -0.05) is 79.4 Å². The van der Waals surface area contributed by atoms with Gasteiger partial charge in [0.25, 0.3) is 5.91 Å². The van der Waals surface area contributed by atoms with E-state index in [-0.39, 0.29) is 11.9 Å². The summed E-state index contributed by atoms with van der Waals surface area (Å²) >= 11 is 0. The average Bonchev–Trinajstić information content (AvgIpc) is 2.95. The number of aryl methyl sites for hydroxylation is 1. The maximum atomic E-state index is 13.4. The Balaban J connectivity index is 1.82. The highest BCUT2D eigenvalue weighted by atomic mass is 16.3. The molecule has 2 aromatic carbocycles. The zero-order valence-corrected chi connectivity index (χ0v) is 15.2. The first-order valence-electron chi connectivity index (χ1n) is 9.51. The van der Waals surface area contributed by atoms with Crippen LogP contribution < -0.4 is 0 Å². The van der Waals surface area contributed by atoms with Crippen LogP contribution in [-0.2, 0) is 10.5 Å². The van der Waals surface area contributed by atoms with Crippen molar-refractivity contribution in [3.8, 4) is 0 Å². The van der Waals surface area contributed by atoms with Crippen LogP contribution in [0.3, 0.4) is 0 Å². The normalized spacial score (nSPS) is 24.0. The van der Waals surface area contributed by atoms with Gasteiger partial charge in [0.05, 0.1) is 0 Å². The van der Waals surface area contributed by atoms with E-state index in [2.05, 4.69) is 0 Å². The summed E-state index contributed by atoms with van der Waals surface area (Å²) in [6.45, 7) is 2.02. The minimum absolute atomic E-state index is 0.0612. The van der Waals surface area contributed by atoms with Gasteiger partial charge in [-0.05, 0) is 31.4 Å². The fourth-order valence-electron chi connectivity index (χ4n) is 4.33. The molecule has 1 saturated carbocycles. The lowest BCUT2D eigenvalue weighted by atomic mass is 9.91. The first-order chi connectivity index (χ1) is 12.6. The van der Waals surface area contributed by atoms with Gasteiger partial charge in [-0.2, -0.15) is 0 Å². The van der Waals surface area contributed by atoms with Gasteiger partial charge < -0.3 is 5.11 Å². The molecule has 1 atom stereocenters. The molecule has 134 valence electrons. The maximum absolute atomic E-state index is 13.4. The van der Waals surface area contributed by atoms with Crippen molar-refractivity contribution in [3.05, 3.63) is 77.4 Å². The van der Waals surface area contributed by atoms with E-state index < -0.39 is 5.72 Å². The number of nitrogens with zero attached hydrogens (tertiary/aromatic N) is 1. The van der Waals surface area contributed by atoms with Gasteiger partial charge in [-0.25, -0.2) is 0 Å². The lowest BCUT2D eigenvalue weighted by Gasteiger charge is -2.41. The number of amides is 1. The molecule has 0 aromatic heterocycles. The van der Waals surface area contributed by atoms with Crippen LogP contribution >= 0.6 is 0 Å². The van der Waals surface area contributed by atoms with Gasteiger partial charge in [-0.15, -0.1) is 0 Å². The van der Waals surface area contributed by atoms with Crippen molar-refractivity contribution in [2.24, 2.45) is 0 Å². The third-order valence-corrected chi connectivity index (χ3v) is 5.63. The van der Waals surface area contributed by atoms with Gasteiger partial charge in [0, 0.05) is 17.2 Å². The second-order valence-corrected chi connectivity index (χ2v) is 7.49. The number of carbonyl (C=O) groups is 1. The van der Waals surface area contributed by atoms with E-state index in [1.54, 1.807) is 11.0 Å². The Kier molecular flexibility index (Phi) is 4.41. The Labute approximate surface area is 155 Å². The largest absolute Gasteiger partial charge is 0.363 e. The van der Waals surface area contributed by atoms with Crippen LogP contribution in [0.5, 0.6) is 0 Å². The van der Waals surface area contributed by atoms with Crippen LogP contribution in [0.1, 0.15) is 48.8 Å². The Hall–Kier alpha value is -2.39. The number of benzene rings is 2. The van der Waals surface area contributed by atoms with Crippen LogP contribution in [0, 0.1) is 6.92 Å². The smallest absolute Gasteiger partial charge is 0.257 e. The molecule has 0 saturated heterocycles. The van der Waals surface area contributed by atoms with Crippen LogP contribution in [-0.4, -0.2) is 22.0 Å². The van der Waals surface area contributed by atoms with E-state index in [1.165, 1.54) is 6.42 Å². The minimum Gasteiger partial charge on any atom is -0.363 e. The van der Waals surface area contributed by atoms with Crippen molar-refractivity contribution in [2.75, 3.05) is 0 Å². The Morgan fingerprint density at radius 3 is 2.42 bits per heavy atom. The molecule has 1 unspecified atom stereocenters. The standard InChI is InChI=1S/C23H25NO2/c1-17-9-8-10-18(15-17)21-16-23(26,19-11-4-2-5-12-19)24(22(21)25)20-13-6-3-7-14-20/h2,4-5,8-12,15-16,20,26H,3,6-7,13-14H2,1H3. The zero-order chi connectivity index (χ0) is 18.1. The SMILES string of the molecule is Cc1cccc(C2=CC(O)(c3ccccc3)N(C3CCCCC3)C2=O)c1. The number of hydrogen-bond acceptors (Lipinski definition) is 2. The fraction of sp³-hybridized carbons (Fsp3) is 0.348. The average molecular weight is 347 g/mol. The van der Waals surface area contributed by atoms with Crippen molar-refractivity contribution in [1.82, 2.24) is 4.90 Å². The second kappa shape index (κ2) is 6.73. The van der Waals surface area contributed by atoms with E-state index in [4.69, 9.17) is 0 Å². The molecule has 0 radical (unpaired) electrons. The molecule has 1 N–H and O–H groups in total. The van der Waals surface area contributed by atoms with Gasteiger partial charge in [0.1, 0.15) is 0 Å². The predicted molar refractivity (Wildman–Crippen MR) is 103 cm³/mol. The monoisotopic (exact) mass is 347 g/mol. The maximum Gasteiger partial charge on any atom is 0.257 e. The molecule has 1 amide bonds. The molecule has 26 heavy (non-hydrogen) atoms. The number of rotatable bonds is 3. The molecule has 3 nitrogen and oxygen atoms in total. The molecule has 3 heteroatoms. The first-order valence-corrected chi connectivity index (χ1v) is 9.51. The van der Waals surface area contributed by atoms with E-state index in [1.807, 2.05) is 61.5 Å². The summed E-state index contributed by atoms with van der Waals surface area (Å²) < 4.78 is 0. The summed E-state index contributed by atoms with van der Waals surface area (Å²) in [5, 5.41) is 11.7. The van der Waals surface area contributed by atoms with Crippen molar-refractivity contribution in [2.45, 2.75) is 50.8 Å². The van der Waals surface area contributed by atoms with Crippen LogP contribution in [0.25, 0.3) is 5.57 Å². The van der Waals surface area contributed by atoms with E-state index in [0.717, 1.165) is 42.4 Å². The second-order valence-electron chi connectivity index (χ2n) is 7.49. The fourth-order valence-corrected chi connectivity index (χ4v) is 4.33. The van der Waals surface area contributed by atoms with Gasteiger partial charge >= 0.3 is 0 Å². The number of hydrogen-bond donors (Lipinski definition) is 1. The van der Waals surface area contributed by atoms with Gasteiger partial charge in [-0.3, -0.25) is 9.69 Å². The summed E-state index contributed by atoms with van der Waals surface area (Å²) in [5.74, 6) is -0.0612. The lowest BCUT2D eigenvalue weighted by molar-refractivity contribution is -0.150. The summed E-state index contributed by atoms with van der Waals surface area (Å²) in [5.41, 5.74) is 1.96. The molecule has 2 aromatic rings. The van der Waals surface area contributed by atoms with Crippen LogP contribution in [0.4, 0.5) is 0 Å². The van der Waals surface area contributed by atoms with Crippen molar-refractivity contribution in [1.29, 1.82) is 0 Å². The topological polar surface area (TPSA) is 40.5 Å². The van der Waals surface area contributed by atoms with Crippen molar-refractivity contribution < 1.29 is 9.90 Å². The highest BCUT2D eigenvalue weighted by Gasteiger charge is 2.48. The van der Waals surface area contributed by atoms with Crippen molar-refractivity contribution in [3.63, 3.8) is 0 Å². The molecular formula is C23H25NO2. The summed E-state index contributed by atoms with van der Waals surface area (Å²) in [6, 6.07) is 17.6. The summed E-state index contributed by atoms with van der Waals surface area (Å²) in [4.78, 5) is 15.1. The summed E-state index contributed by atoms with van der Waals surface area (Å²) in [7, 11) is 0. The molecule has 0 spiro atoms. The Morgan fingerprint density at radius 2 is 1.73 bits per heavy atom. The third-order valence-electron chi connectivity index (χ3n) is 5.63. The highest BCUT2D eigenvalue weighted by molar-refractivity contribution is 6.22. The van der Waals surface area contributed by atoms with E-state index >= 15 is 0 Å². The molecule has 2 aliphatic rings. The van der Waals surface area contributed by atoms with Gasteiger partial charge in [0.2, 0.25) is 0 Å². The van der Waals surface area contributed by atoms with Crippen molar-refractivity contribution >= 4 is 11.5 Å². The zero-order valence-electron chi connectivity index (χ0n) is 15.2. The number of carbonyl (C=O) groups excluding carboxylic acids is 1. The Morgan fingerprint density at radius 1 is 1.00 bits per heavy atom. The Bertz CT molecular complexity index is 836. The third kappa shape index (κ3) is 2.86. The molecule has 1 aliphatic carbocycles. The van der Waals surface area contributed by atoms with Crippen LogP contribution in [0.15, 0.2) is 60.7 Å². The summed E-state index contributed by atoms with van der Waals surface area (Å²) in [6.07, 6.45) is 7.10. The first kappa shape index (κ1) is 17.0. The van der Waals surface area contributed by atoms with E-state index in [9.17, 15) is 9.90 Å². The lowest BCUT2D eigenvalue weighted by Crippen LogP contribution is -2.50. The molecule has 1 aliphatic heterocycles. The van der Waals surface area contributed by atoms with Crippen LogP contribution in [0.2, 0.25) is 0 Å². The molecule has 0 bridgehead atoms. The minimum atomic E-state index is -1.38. The quantitative estimate of drug-likeness (QED) is 0.894. The number of aliphatic hydroxyl groups is 1. The van der Waals surface area contributed by atoms with Gasteiger partial charge in [0.15, 0.2) is 5.72 Å². The molecule has 4 rings (SSSR count).